The van der Waals surface area contributed by atoms with Gasteiger partial charge in [0.2, 0.25) is 5.13 Å². The zero-order valence-corrected chi connectivity index (χ0v) is 16.5. The number of thiazole rings is 1. The zero-order valence-electron chi connectivity index (χ0n) is 14.1. The summed E-state index contributed by atoms with van der Waals surface area (Å²) in [6, 6.07) is 9.71. The van der Waals surface area contributed by atoms with Crippen LogP contribution in [0.4, 0.5) is 10.8 Å². The highest BCUT2D eigenvalue weighted by molar-refractivity contribution is 8.00. The molecule has 0 atom stereocenters. The molecule has 0 aliphatic heterocycles. The van der Waals surface area contributed by atoms with Crippen LogP contribution >= 0.6 is 34.4 Å². The molecule has 1 aromatic carbocycles. The van der Waals surface area contributed by atoms with E-state index in [1.54, 1.807) is 10.5 Å². The molecule has 0 bridgehead atoms. The fourth-order valence-corrected chi connectivity index (χ4v) is 4.94. The molecule has 4 aromatic rings. The first-order valence-electron chi connectivity index (χ1n) is 7.85. The van der Waals surface area contributed by atoms with Crippen molar-refractivity contribution in [3.05, 3.63) is 63.0 Å². The summed E-state index contributed by atoms with van der Waals surface area (Å²) < 4.78 is 2.47. The number of nitrogens with zero attached hydrogens (tertiary/aromatic N) is 4. The predicted octanol–water partition coefficient (Wildman–Crippen LogP) is 4.26. The Kier molecular flexibility index (Phi) is 4.75. The lowest BCUT2D eigenvalue weighted by atomic mass is 10.2. The Labute approximate surface area is 162 Å². The van der Waals surface area contributed by atoms with E-state index in [1.165, 1.54) is 40.0 Å². The normalized spacial score (nSPS) is 11.2. The minimum atomic E-state index is -0.0386. The molecule has 4 rings (SSSR count). The van der Waals surface area contributed by atoms with E-state index >= 15 is 0 Å². The standard InChI is InChI=1S/C17H15N5OS3/c1-10-3-5-12(6-4-10)18-15-20-21-17(26-15)25-9-13-7-14(23)22-11(2)8-24-16(22)19-13/h3-8H,9H2,1-2H3,(H,18,20). The van der Waals surface area contributed by atoms with E-state index in [2.05, 4.69) is 27.4 Å². The molecule has 0 amide bonds. The molecule has 3 aromatic heterocycles. The third-order valence-electron chi connectivity index (χ3n) is 3.68. The van der Waals surface area contributed by atoms with Crippen molar-refractivity contribution >= 4 is 50.2 Å². The number of hydrogen-bond acceptors (Lipinski definition) is 8. The van der Waals surface area contributed by atoms with Gasteiger partial charge in [0, 0.05) is 28.6 Å². The lowest BCUT2D eigenvalue weighted by molar-refractivity contribution is 0.992. The largest absolute Gasteiger partial charge is 0.330 e. The Balaban J connectivity index is 1.44. The van der Waals surface area contributed by atoms with Crippen LogP contribution in [-0.2, 0) is 5.75 Å². The third kappa shape index (κ3) is 3.64. The summed E-state index contributed by atoms with van der Waals surface area (Å²) >= 11 is 4.49. The summed E-state index contributed by atoms with van der Waals surface area (Å²) in [5.74, 6) is 0.585. The monoisotopic (exact) mass is 401 g/mol. The Bertz CT molecular complexity index is 1110. The van der Waals surface area contributed by atoms with E-state index in [0.29, 0.717) is 5.75 Å². The fourth-order valence-electron chi connectivity index (χ4n) is 2.39. The second-order valence-electron chi connectivity index (χ2n) is 5.73. The summed E-state index contributed by atoms with van der Waals surface area (Å²) in [5.41, 5.74) is 3.83. The van der Waals surface area contributed by atoms with E-state index in [9.17, 15) is 4.79 Å². The van der Waals surface area contributed by atoms with Crippen molar-refractivity contribution in [1.82, 2.24) is 19.6 Å². The number of benzene rings is 1. The van der Waals surface area contributed by atoms with Crippen LogP contribution in [0.3, 0.4) is 0 Å². The van der Waals surface area contributed by atoms with Gasteiger partial charge in [-0.05, 0) is 26.0 Å². The molecule has 0 radical (unpaired) electrons. The summed E-state index contributed by atoms with van der Waals surface area (Å²) in [7, 11) is 0. The summed E-state index contributed by atoms with van der Waals surface area (Å²) in [4.78, 5) is 17.5. The lowest BCUT2D eigenvalue weighted by Crippen LogP contribution is -2.14. The number of fused-ring (bicyclic) bond motifs is 1. The Hall–Kier alpha value is -2.23. The highest BCUT2D eigenvalue weighted by atomic mass is 32.2. The summed E-state index contributed by atoms with van der Waals surface area (Å²) in [6.07, 6.45) is 0. The van der Waals surface area contributed by atoms with E-state index < -0.39 is 0 Å². The average molecular weight is 402 g/mol. The van der Waals surface area contributed by atoms with Crippen molar-refractivity contribution in [2.45, 2.75) is 23.9 Å². The van der Waals surface area contributed by atoms with Gasteiger partial charge in [-0.25, -0.2) is 4.98 Å². The molecular formula is C17H15N5OS3. The minimum absolute atomic E-state index is 0.0386. The molecule has 6 nitrogen and oxygen atoms in total. The number of aromatic nitrogens is 4. The number of rotatable bonds is 5. The van der Waals surface area contributed by atoms with E-state index in [4.69, 9.17) is 0 Å². The van der Waals surface area contributed by atoms with E-state index in [1.807, 2.05) is 36.6 Å². The molecule has 1 N–H and O–H groups in total. The first-order valence-corrected chi connectivity index (χ1v) is 10.5. The maximum atomic E-state index is 12.2. The van der Waals surface area contributed by atoms with Gasteiger partial charge in [-0.3, -0.25) is 9.20 Å². The van der Waals surface area contributed by atoms with Crippen molar-refractivity contribution in [3.8, 4) is 0 Å². The number of hydrogen-bond donors (Lipinski definition) is 1. The van der Waals surface area contributed by atoms with E-state index in [-0.39, 0.29) is 5.56 Å². The zero-order chi connectivity index (χ0) is 18.1. The number of aryl methyl sites for hydroxylation is 2. The molecule has 0 saturated heterocycles. The van der Waals surface area contributed by atoms with Gasteiger partial charge >= 0.3 is 0 Å². The van der Waals surface area contributed by atoms with Crippen molar-refractivity contribution in [2.24, 2.45) is 0 Å². The average Bonchev–Trinajstić information content (AvgIpc) is 3.22. The Morgan fingerprint density at radius 3 is 2.81 bits per heavy atom. The number of nitrogens with one attached hydrogen (secondary N) is 1. The van der Waals surface area contributed by atoms with Crippen LogP contribution < -0.4 is 10.9 Å². The predicted molar refractivity (Wildman–Crippen MR) is 108 cm³/mol. The van der Waals surface area contributed by atoms with Crippen molar-refractivity contribution < 1.29 is 0 Å². The number of anilines is 2. The first-order chi connectivity index (χ1) is 12.6. The lowest BCUT2D eigenvalue weighted by Gasteiger charge is -2.01. The second kappa shape index (κ2) is 7.18. The molecule has 9 heteroatoms. The third-order valence-corrected chi connectivity index (χ3v) is 6.63. The smallest absolute Gasteiger partial charge is 0.258 e. The maximum Gasteiger partial charge on any atom is 0.258 e. The van der Waals surface area contributed by atoms with Crippen molar-refractivity contribution in [3.63, 3.8) is 0 Å². The molecule has 0 aliphatic rings. The second-order valence-corrected chi connectivity index (χ2v) is 8.77. The van der Waals surface area contributed by atoms with Crippen LogP contribution in [0.25, 0.3) is 4.96 Å². The van der Waals surface area contributed by atoms with Gasteiger partial charge < -0.3 is 5.32 Å². The van der Waals surface area contributed by atoms with Crippen LogP contribution in [0.5, 0.6) is 0 Å². The molecule has 132 valence electrons. The topological polar surface area (TPSA) is 72.2 Å². The molecule has 0 fully saturated rings. The molecule has 0 saturated carbocycles. The maximum absolute atomic E-state index is 12.2. The van der Waals surface area contributed by atoms with Gasteiger partial charge in [0.25, 0.3) is 5.56 Å². The first kappa shape index (κ1) is 17.2. The van der Waals surface area contributed by atoms with Gasteiger partial charge in [0.1, 0.15) is 0 Å². The molecule has 3 heterocycles. The van der Waals surface area contributed by atoms with Gasteiger partial charge in [0.15, 0.2) is 9.30 Å². The number of thioether (sulfide) groups is 1. The summed E-state index contributed by atoms with van der Waals surface area (Å²) in [6.45, 7) is 3.96. The van der Waals surface area contributed by atoms with E-state index in [0.717, 1.165) is 31.5 Å². The highest BCUT2D eigenvalue weighted by Gasteiger charge is 2.09. The van der Waals surface area contributed by atoms with Gasteiger partial charge in [-0.1, -0.05) is 40.8 Å². The van der Waals surface area contributed by atoms with Crippen molar-refractivity contribution in [2.75, 3.05) is 5.32 Å². The molecule has 0 unspecified atom stereocenters. The van der Waals surface area contributed by atoms with Crippen LogP contribution in [0.1, 0.15) is 17.0 Å². The van der Waals surface area contributed by atoms with Crippen LogP contribution in [0.2, 0.25) is 0 Å². The minimum Gasteiger partial charge on any atom is -0.330 e. The highest BCUT2D eigenvalue weighted by Crippen LogP contribution is 2.29. The fraction of sp³-hybridized carbons (Fsp3) is 0.176. The van der Waals surface area contributed by atoms with Crippen LogP contribution in [-0.4, -0.2) is 19.6 Å². The Morgan fingerprint density at radius 2 is 2.00 bits per heavy atom. The van der Waals surface area contributed by atoms with Gasteiger partial charge in [-0.2, -0.15) is 0 Å². The Morgan fingerprint density at radius 1 is 1.19 bits per heavy atom. The molecular weight excluding hydrogens is 386 g/mol. The van der Waals surface area contributed by atoms with Gasteiger partial charge in [-0.15, -0.1) is 21.5 Å². The van der Waals surface area contributed by atoms with Crippen LogP contribution in [0.15, 0.2) is 44.8 Å². The quantitative estimate of drug-likeness (QED) is 0.504. The van der Waals surface area contributed by atoms with Crippen LogP contribution in [0, 0.1) is 13.8 Å². The SMILES string of the molecule is Cc1ccc(Nc2nnc(SCc3cc(=O)n4c(C)csc4n3)s2)cc1. The molecule has 0 spiro atoms. The summed E-state index contributed by atoms with van der Waals surface area (Å²) in [5, 5.41) is 14.3. The van der Waals surface area contributed by atoms with Crippen molar-refractivity contribution in [1.29, 1.82) is 0 Å². The molecule has 0 aliphatic carbocycles. The molecule has 26 heavy (non-hydrogen) atoms. The van der Waals surface area contributed by atoms with Gasteiger partial charge in [0.05, 0.1) is 5.69 Å².